The zero-order valence-electron chi connectivity index (χ0n) is 12.2. The van der Waals surface area contributed by atoms with Crippen LogP contribution in [-0.2, 0) is 13.0 Å². The van der Waals surface area contributed by atoms with Gasteiger partial charge in [-0.1, -0.05) is 32.9 Å². The van der Waals surface area contributed by atoms with E-state index in [9.17, 15) is 4.79 Å². The summed E-state index contributed by atoms with van der Waals surface area (Å²) in [6.45, 7) is 9.39. The second kappa shape index (κ2) is 5.55. The first kappa shape index (κ1) is 13.8. The van der Waals surface area contributed by atoms with Crippen LogP contribution in [0.25, 0.3) is 10.9 Å². The lowest BCUT2D eigenvalue weighted by atomic mass is 10.1. The summed E-state index contributed by atoms with van der Waals surface area (Å²) in [5.41, 5.74) is 1.94. The first-order valence-corrected chi connectivity index (χ1v) is 7.03. The summed E-state index contributed by atoms with van der Waals surface area (Å²) in [4.78, 5) is 16.4. The van der Waals surface area contributed by atoms with E-state index in [4.69, 9.17) is 0 Å². The normalized spacial score (nSPS) is 11.4. The second-order valence-corrected chi connectivity index (χ2v) is 5.49. The van der Waals surface area contributed by atoms with Crippen molar-refractivity contribution in [3.8, 4) is 0 Å². The molecule has 102 valence electrons. The van der Waals surface area contributed by atoms with Gasteiger partial charge < -0.3 is 4.57 Å². The summed E-state index contributed by atoms with van der Waals surface area (Å²) in [6.07, 6.45) is 1.89. The molecule has 0 radical (unpaired) electrons. The number of rotatable bonds is 4. The maximum Gasteiger partial charge on any atom is 0.281 e. The molecule has 2 aromatic rings. The van der Waals surface area contributed by atoms with Crippen molar-refractivity contribution in [2.45, 2.75) is 47.1 Å². The zero-order chi connectivity index (χ0) is 14.0. The molecule has 0 fully saturated rings. The lowest BCUT2D eigenvalue weighted by Crippen LogP contribution is -2.20. The fraction of sp³-hybridized carbons (Fsp3) is 0.500. The Bertz CT molecular complexity index is 641. The minimum Gasteiger partial charge on any atom is -0.329 e. The number of aryl methyl sites for hydroxylation is 3. The van der Waals surface area contributed by atoms with E-state index in [2.05, 4.69) is 30.3 Å². The van der Waals surface area contributed by atoms with Crippen LogP contribution < -0.4 is 5.56 Å². The average molecular weight is 258 g/mol. The molecule has 0 saturated carbocycles. The van der Waals surface area contributed by atoms with Crippen LogP contribution in [0.3, 0.4) is 0 Å². The molecule has 19 heavy (non-hydrogen) atoms. The molecule has 2 rings (SSSR count). The monoisotopic (exact) mass is 258 g/mol. The Morgan fingerprint density at radius 1 is 1.32 bits per heavy atom. The summed E-state index contributed by atoms with van der Waals surface area (Å²) in [5, 5.41) is 0.767. The van der Waals surface area contributed by atoms with Crippen LogP contribution in [0.1, 0.15) is 38.6 Å². The Morgan fingerprint density at radius 2 is 2.05 bits per heavy atom. The van der Waals surface area contributed by atoms with Crippen LogP contribution in [-0.4, -0.2) is 9.55 Å². The maximum atomic E-state index is 12.1. The van der Waals surface area contributed by atoms with Crippen molar-refractivity contribution < 1.29 is 0 Å². The molecular weight excluding hydrogens is 236 g/mol. The molecule has 0 saturated heterocycles. The highest BCUT2D eigenvalue weighted by Crippen LogP contribution is 2.17. The van der Waals surface area contributed by atoms with Gasteiger partial charge in [-0.3, -0.25) is 4.79 Å². The third-order valence-electron chi connectivity index (χ3n) is 3.54. The summed E-state index contributed by atoms with van der Waals surface area (Å²) in [6, 6.07) is 6.02. The van der Waals surface area contributed by atoms with Crippen LogP contribution in [0.15, 0.2) is 23.0 Å². The SMILES string of the molecule is CCc1nc(=O)c2c(C)cccc2n1CCC(C)C. The molecule has 0 bridgehead atoms. The summed E-state index contributed by atoms with van der Waals surface area (Å²) < 4.78 is 2.21. The Hall–Kier alpha value is -1.64. The van der Waals surface area contributed by atoms with Crippen molar-refractivity contribution in [3.63, 3.8) is 0 Å². The van der Waals surface area contributed by atoms with E-state index in [1.807, 2.05) is 25.1 Å². The minimum atomic E-state index is -0.0919. The number of fused-ring (bicyclic) bond motifs is 1. The molecule has 0 spiro atoms. The third-order valence-corrected chi connectivity index (χ3v) is 3.54. The number of nitrogens with zero attached hydrogens (tertiary/aromatic N) is 2. The van der Waals surface area contributed by atoms with Gasteiger partial charge in [0, 0.05) is 13.0 Å². The third kappa shape index (κ3) is 2.70. The molecular formula is C16H22N2O. The predicted molar refractivity (Wildman–Crippen MR) is 79.6 cm³/mol. The summed E-state index contributed by atoms with van der Waals surface area (Å²) >= 11 is 0. The standard InChI is InChI=1S/C16H22N2O/c1-5-14-17-16(19)15-12(4)7-6-8-13(15)18(14)10-9-11(2)3/h6-8,11H,5,9-10H2,1-4H3. The number of hydrogen-bond donors (Lipinski definition) is 0. The van der Waals surface area contributed by atoms with Gasteiger partial charge in [-0.05, 0) is 30.9 Å². The average Bonchev–Trinajstić information content (AvgIpc) is 2.36. The van der Waals surface area contributed by atoms with Crippen molar-refractivity contribution in [3.05, 3.63) is 39.9 Å². The van der Waals surface area contributed by atoms with Crippen LogP contribution in [0, 0.1) is 12.8 Å². The van der Waals surface area contributed by atoms with Crippen LogP contribution in [0.5, 0.6) is 0 Å². The molecule has 1 aromatic heterocycles. The van der Waals surface area contributed by atoms with E-state index in [-0.39, 0.29) is 5.56 Å². The lowest BCUT2D eigenvalue weighted by Gasteiger charge is -2.16. The van der Waals surface area contributed by atoms with Gasteiger partial charge in [0.1, 0.15) is 5.82 Å². The summed E-state index contributed by atoms with van der Waals surface area (Å²) in [5.74, 6) is 1.53. The minimum absolute atomic E-state index is 0.0919. The van der Waals surface area contributed by atoms with Gasteiger partial charge in [-0.2, -0.15) is 4.98 Å². The molecule has 1 aromatic carbocycles. The van der Waals surface area contributed by atoms with Crippen molar-refractivity contribution in [1.29, 1.82) is 0 Å². The van der Waals surface area contributed by atoms with Crippen LogP contribution >= 0.6 is 0 Å². The van der Waals surface area contributed by atoms with E-state index < -0.39 is 0 Å². The highest BCUT2D eigenvalue weighted by atomic mass is 16.1. The number of hydrogen-bond acceptors (Lipinski definition) is 2. The Labute approximate surface area is 114 Å². The van der Waals surface area contributed by atoms with Crippen LogP contribution in [0.2, 0.25) is 0 Å². The van der Waals surface area contributed by atoms with Crippen LogP contribution in [0.4, 0.5) is 0 Å². The Balaban J connectivity index is 2.68. The number of benzene rings is 1. The van der Waals surface area contributed by atoms with Crippen molar-refractivity contribution in [2.24, 2.45) is 5.92 Å². The highest BCUT2D eigenvalue weighted by molar-refractivity contribution is 5.81. The van der Waals surface area contributed by atoms with Gasteiger partial charge in [0.05, 0.1) is 10.9 Å². The molecule has 0 N–H and O–H groups in total. The van der Waals surface area contributed by atoms with E-state index in [1.165, 1.54) is 0 Å². The molecule has 3 nitrogen and oxygen atoms in total. The molecule has 0 amide bonds. The maximum absolute atomic E-state index is 12.1. The van der Waals surface area contributed by atoms with E-state index >= 15 is 0 Å². The smallest absolute Gasteiger partial charge is 0.281 e. The van der Waals surface area contributed by atoms with Gasteiger partial charge in [-0.15, -0.1) is 0 Å². The lowest BCUT2D eigenvalue weighted by molar-refractivity contribution is 0.508. The quantitative estimate of drug-likeness (QED) is 0.843. The number of aromatic nitrogens is 2. The van der Waals surface area contributed by atoms with Gasteiger partial charge in [0.25, 0.3) is 5.56 Å². The Morgan fingerprint density at radius 3 is 2.68 bits per heavy atom. The first-order chi connectivity index (χ1) is 9.04. The molecule has 1 heterocycles. The van der Waals surface area contributed by atoms with Gasteiger partial charge in [-0.25, -0.2) is 0 Å². The second-order valence-electron chi connectivity index (χ2n) is 5.49. The highest BCUT2D eigenvalue weighted by Gasteiger charge is 2.11. The molecule has 0 unspecified atom stereocenters. The topological polar surface area (TPSA) is 34.9 Å². The van der Waals surface area contributed by atoms with E-state index in [0.29, 0.717) is 5.92 Å². The van der Waals surface area contributed by atoms with E-state index in [0.717, 1.165) is 41.7 Å². The first-order valence-electron chi connectivity index (χ1n) is 7.03. The predicted octanol–water partition coefficient (Wildman–Crippen LogP) is 3.31. The molecule has 0 atom stereocenters. The fourth-order valence-electron chi connectivity index (χ4n) is 2.43. The summed E-state index contributed by atoms with van der Waals surface area (Å²) in [7, 11) is 0. The zero-order valence-corrected chi connectivity index (χ0v) is 12.2. The van der Waals surface area contributed by atoms with Gasteiger partial charge in [0.2, 0.25) is 0 Å². The van der Waals surface area contributed by atoms with Crippen molar-refractivity contribution in [2.75, 3.05) is 0 Å². The molecule has 0 aliphatic rings. The Kier molecular flexibility index (Phi) is 4.03. The van der Waals surface area contributed by atoms with Gasteiger partial charge in [0.15, 0.2) is 0 Å². The molecule has 0 aliphatic carbocycles. The molecule has 0 aliphatic heterocycles. The van der Waals surface area contributed by atoms with Crippen molar-refractivity contribution in [1.82, 2.24) is 9.55 Å². The van der Waals surface area contributed by atoms with E-state index in [1.54, 1.807) is 0 Å². The largest absolute Gasteiger partial charge is 0.329 e. The van der Waals surface area contributed by atoms with Crippen molar-refractivity contribution >= 4 is 10.9 Å². The fourth-order valence-corrected chi connectivity index (χ4v) is 2.43. The molecule has 3 heteroatoms. The van der Waals surface area contributed by atoms with Gasteiger partial charge >= 0.3 is 0 Å².